The number of benzene rings is 2. The minimum absolute atomic E-state index is 0.0434. The molecule has 36 heavy (non-hydrogen) atoms. The van der Waals surface area contributed by atoms with Crippen LogP contribution in [0.5, 0.6) is 0 Å². The van der Waals surface area contributed by atoms with Crippen LogP contribution in [0.2, 0.25) is 5.02 Å². The summed E-state index contributed by atoms with van der Waals surface area (Å²) < 4.78 is 38.1. The second kappa shape index (κ2) is 9.76. The first-order valence-electron chi connectivity index (χ1n) is 11.9. The molecule has 7 nitrogen and oxygen atoms in total. The van der Waals surface area contributed by atoms with Crippen LogP contribution in [0.1, 0.15) is 54.1 Å². The molecule has 0 radical (unpaired) electrons. The van der Waals surface area contributed by atoms with Crippen molar-refractivity contribution in [3.8, 4) is 0 Å². The summed E-state index contributed by atoms with van der Waals surface area (Å²) in [5.41, 5.74) is 1.08. The van der Waals surface area contributed by atoms with E-state index in [0.717, 1.165) is 17.2 Å². The van der Waals surface area contributed by atoms with Gasteiger partial charge < -0.3 is 10.6 Å². The predicted molar refractivity (Wildman–Crippen MR) is 139 cm³/mol. The molecule has 1 aliphatic carbocycles. The van der Waals surface area contributed by atoms with Crippen molar-refractivity contribution in [1.29, 1.82) is 0 Å². The molecule has 0 atom stereocenters. The van der Waals surface area contributed by atoms with Gasteiger partial charge in [-0.3, -0.25) is 14.5 Å². The first-order chi connectivity index (χ1) is 16.9. The van der Waals surface area contributed by atoms with Gasteiger partial charge in [-0.05, 0) is 42.0 Å². The minimum atomic E-state index is -3.09. The van der Waals surface area contributed by atoms with E-state index in [2.05, 4.69) is 29.4 Å². The van der Waals surface area contributed by atoms with Crippen LogP contribution in [0, 0.1) is 5.82 Å². The van der Waals surface area contributed by atoms with Crippen molar-refractivity contribution in [2.45, 2.75) is 49.3 Å². The Morgan fingerprint density at radius 1 is 1.17 bits per heavy atom. The summed E-state index contributed by atoms with van der Waals surface area (Å²) in [6, 6.07) is 10.1. The average molecular weight is 536 g/mol. The molecule has 4 rings (SSSR count). The molecule has 2 fully saturated rings. The van der Waals surface area contributed by atoms with Gasteiger partial charge in [-0.1, -0.05) is 49.7 Å². The molecule has 0 aromatic heterocycles. The van der Waals surface area contributed by atoms with Gasteiger partial charge in [-0.15, -0.1) is 0 Å². The third-order valence-electron chi connectivity index (χ3n) is 7.45. The number of halogens is 2. The largest absolute Gasteiger partial charge is 0.355 e. The number of nitrogens with one attached hydrogen (secondary N) is 2. The number of hydrogen-bond donors (Lipinski definition) is 2. The van der Waals surface area contributed by atoms with E-state index in [-0.39, 0.29) is 39.4 Å². The smallest absolute Gasteiger partial charge is 0.253 e. The highest BCUT2D eigenvalue weighted by atomic mass is 35.5. The SMILES string of the molecule is CNC(=O)c1cc(Cl)c(F)cc1NC(=O)C1(c2ccccc2C(C)C)CN(C2CC(S(C)(=O)=O)C2)C1. The highest BCUT2D eigenvalue weighted by Crippen LogP contribution is 2.44. The summed E-state index contributed by atoms with van der Waals surface area (Å²) in [6.45, 7) is 4.91. The van der Waals surface area contributed by atoms with E-state index in [1.807, 2.05) is 24.3 Å². The van der Waals surface area contributed by atoms with E-state index in [0.29, 0.717) is 25.9 Å². The van der Waals surface area contributed by atoms with E-state index in [9.17, 15) is 22.4 Å². The van der Waals surface area contributed by atoms with E-state index in [1.54, 1.807) is 0 Å². The van der Waals surface area contributed by atoms with Crippen LogP contribution < -0.4 is 10.6 Å². The Kier molecular flexibility index (Phi) is 7.20. The lowest BCUT2D eigenvalue weighted by molar-refractivity contribution is -0.130. The number of nitrogens with zero attached hydrogens (tertiary/aromatic N) is 1. The standard InChI is InChI=1S/C26H31ClFN3O4S/c1-15(2)18-7-5-6-8-20(18)26(13-31(14-26)16-9-17(10-16)36(4,34)35)25(33)30-23-12-22(28)21(27)11-19(23)24(32)29-3/h5-8,11-12,15-17H,9-10,13-14H2,1-4H3,(H,29,32)(H,30,33). The lowest BCUT2D eigenvalue weighted by Gasteiger charge is -2.56. The Morgan fingerprint density at radius 2 is 1.81 bits per heavy atom. The molecule has 2 aromatic carbocycles. The zero-order valence-corrected chi connectivity index (χ0v) is 22.3. The molecule has 2 N–H and O–H groups in total. The number of hydrogen-bond acceptors (Lipinski definition) is 5. The second-order valence-electron chi connectivity index (χ2n) is 10.2. The number of anilines is 1. The maximum Gasteiger partial charge on any atom is 0.253 e. The van der Waals surface area contributed by atoms with Crippen molar-refractivity contribution in [3.63, 3.8) is 0 Å². The highest BCUT2D eigenvalue weighted by molar-refractivity contribution is 7.91. The van der Waals surface area contributed by atoms with Crippen molar-refractivity contribution in [2.75, 3.05) is 31.7 Å². The summed E-state index contributed by atoms with van der Waals surface area (Å²) in [5, 5.41) is 4.74. The number of likely N-dealkylation sites (tertiary alicyclic amines) is 1. The first-order valence-corrected chi connectivity index (χ1v) is 14.3. The number of sulfone groups is 1. The normalized spacial score (nSPS) is 21.4. The Balaban J connectivity index is 1.67. The molecule has 1 heterocycles. The molecule has 2 aromatic rings. The Labute approximate surface area is 216 Å². The maximum atomic E-state index is 14.3. The van der Waals surface area contributed by atoms with Crippen molar-refractivity contribution < 1.29 is 22.4 Å². The van der Waals surface area contributed by atoms with Gasteiger partial charge in [-0.25, -0.2) is 12.8 Å². The van der Waals surface area contributed by atoms with Crippen LogP contribution in [0.25, 0.3) is 0 Å². The van der Waals surface area contributed by atoms with E-state index in [4.69, 9.17) is 11.6 Å². The predicted octanol–water partition coefficient (Wildman–Crippen LogP) is 3.73. The lowest BCUT2D eigenvalue weighted by Crippen LogP contribution is -2.69. The molecule has 0 unspecified atom stereocenters. The molecular weight excluding hydrogens is 505 g/mol. The summed E-state index contributed by atoms with van der Waals surface area (Å²) in [7, 11) is -1.64. The molecule has 0 spiro atoms. The Morgan fingerprint density at radius 3 is 2.39 bits per heavy atom. The van der Waals surface area contributed by atoms with Gasteiger partial charge in [0.1, 0.15) is 15.7 Å². The van der Waals surface area contributed by atoms with Crippen molar-refractivity contribution in [3.05, 3.63) is 63.9 Å². The summed E-state index contributed by atoms with van der Waals surface area (Å²) in [6.07, 6.45) is 2.35. The zero-order valence-electron chi connectivity index (χ0n) is 20.8. The molecule has 2 amide bonds. The Bertz CT molecular complexity index is 1300. The first kappa shape index (κ1) is 26.6. The minimum Gasteiger partial charge on any atom is -0.355 e. The number of carbonyl (C=O) groups is 2. The van der Waals surface area contributed by atoms with Gasteiger partial charge in [0.05, 0.1) is 26.9 Å². The molecule has 1 aliphatic heterocycles. The van der Waals surface area contributed by atoms with Crippen LogP contribution in [0.3, 0.4) is 0 Å². The fourth-order valence-corrected chi connectivity index (χ4v) is 6.49. The fourth-order valence-electron chi connectivity index (χ4n) is 5.18. The van der Waals surface area contributed by atoms with Crippen LogP contribution in [0.4, 0.5) is 10.1 Å². The summed E-state index contributed by atoms with van der Waals surface area (Å²) in [5.74, 6) is -1.43. The van der Waals surface area contributed by atoms with Crippen LogP contribution >= 0.6 is 11.6 Å². The molecule has 10 heteroatoms. The topological polar surface area (TPSA) is 95.6 Å². The maximum absolute atomic E-state index is 14.3. The van der Waals surface area contributed by atoms with Crippen LogP contribution in [-0.4, -0.2) is 62.8 Å². The molecule has 1 saturated carbocycles. The molecular formula is C26H31ClFN3O4S. The number of rotatable bonds is 7. The van der Waals surface area contributed by atoms with Gasteiger partial charge >= 0.3 is 0 Å². The fraction of sp³-hybridized carbons (Fsp3) is 0.462. The van der Waals surface area contributed by atoms with Gasteiger partial charge in [0.2, 0.25) is 5.91 Å². The quantitative estimate of drug-likeness (QED) is 0.563. The van der Waals surface area contributed by atoms with E-state index in [1.165, 1.54) is 19.4 Å². The van der Waals surface area contributed by atoms with Crippen LogP contribution in [0.15, 0.2) is 36.4 Å². The summed E-state index contributed by atoms with van der Waals surface area (Å²) >= 11 is 5.91. The molecule has 194 valence electrons. The zero-order chi connectivity index (χ0) is 26.4. The third-order valence-corrected chi connectivity index (χ3v) is 9.34. The van der Waals surface area contributed by atoms with Crippen molar-refractivity contribution in [2.24, 2.45) is 0 Å². The molecule has 2 aliphatic rings. The highest BCUT2D eigenvalue weighted by Gasteiger charge is 2.55. The average Bonchev–Trinajstić information content (AvgIpc) is 2.75. The van der Waals surface area contributed by atoms with E-state index >= 15 is 0 Å². The number of carbonyl (C=O) groups excluding carboxylic acids is 2. The third kappa shape index (κ3) is 4.76. The Hall–Kier alpha value is -2.49. The van der Waals surface area contributed by atoms with Crippen LogP contribution in [-0.2, 0) is 20.0 Å². The molecule has 1 saturated heterocycles. The van der Waals surface area contributed by atoms with Gasteiger partial charge in [0.15, 0.2) is 0 Å². The second-order valence-corrected chi connectivity index (χ2v) is 12.9. The lowest BCUT2D eigenvalue weighted by atomic mass is 9.68. The van der Waals surface area contributed by atoms with Gasteiger partial charge in [0, 0.05) is 32.4 Å². The van der Waals surface area contributed by atoms with Gasteiger partial charge in [0.25, 0.3) is 5.91 Å². The van der Waals surface area contributed by atoms with Gasteiger partial charge in [-0.2, -0.15) is 0 Å². The van der Waals surface area contributed by atoms with E-state index < -0.39 is 27.0 Å². The monoisotopic (exact) mass is 535 g/mol. The van der Waals surface area contributed by atoms with Crippen molar-refractivity contribution >= 4 is 38.9 Å². The van der Waals surface area contributed by atoms with Crippen molar-refractivity contribution in [1.82, 2.24) is 10.2 Å². The number of amides is 2. The summed E-state index contributed by atoms with van der Waals surface area (Å²) in [4.78, 5) is 28.5. The molecule has 0 bridgehead atoms.